The molecule has 2 aromatic rings. The van der Waals surface area contributed by atoms with E-state index in [1.165, 1.54) is 0 Å². The molecular formula is C20H26N4O4. The number of benzene rings is 1. The van der Waals surface area contributed by atoms with Crippen molar-refractivity contribution in [1.29, 1.82) is 0 Å². The van der Waals surface area contributed by atoms with Crippen LogP contribution in [0.5, 0.6) is 0 Å². The van der Waals surface area contributed by atoms with Crippen LogP contribution in [0.25, 0.3) is 10.9 Å². The van der Waals surface area contributed by atoms with Crippen LogP contribution in [0.1, 0.15) is 25.8 Å². The SMILES string of the molecule is CCC(C)[C@@H]1NC(=O)[C@H](CO)NC(=O)[C@H](Cc2c[nH]c3ccccc23)NC1=O. The van der Waals surface area contributed by atoms with Crippen LogP contribution in [0.15, 0.2) is 30.5 Å². The van der Waals surface area contributed by atoms with Gasteiger partial charge >= 0.3 is 0 Å². The third kappa shape index (κ3) is 4.01. The summed E-state index contributed by atoms with van der Waals surface area (Å²) in [6, 6.07) is 4.97. The number of fused-ring (bicyclic) bond motifs is 1. The van der Waals surface area contributed by atoms with Crippen molar-refractivity contribution in [3.8, 4) is 0 Å². The molecule has 0 radical (unpaired) electrons. The number of carbonyl (C=O) groups is 3. The second-order valence-corrected chi connectivity index (χ2v) is 7.24. The van der Waals surface area contributed by atoms with Crippen LogP contribution in [-0.4, -0.2) is 52.5 Å². The van der Waals surface area contributed by atoms with Gasteiger partial charge < -0.3 is 26.0 Å². The van der Waals surface area contributed by atoms with Gasteiger partial charge in [0.05, 0.1) is 6.61 Å². The topological polar surface area (TPSA) is 123 Å². The van der Waals surface area contributed by atoms with Gasteiger partial charge in [-0.2, -0.15) is 0 Å². The van der Waals surface area contributed by atoms with E-state index in [9.17, 15) is 19.5 Å². The van der Waals surface area contributed by atoms with Crippen LogP contribution in [0, 0.1) is 5.92 Å². The molecule has 4 atom stereocenters. The highest BCUT2D eigenvalue weighted by molar-refractivity contribution is 5.97. The van der Waals surface area contributed by atoms with Gasteiger partial charge in [0, 0.05) is 23.5 Å². The summed E-state index contributed by atoms with van der Waals surface area (Å²) < 4.78 is 0. The molecule has 2 heterocycles. The summed E-state index contributed by atoms with van der Waals surface area (Å²) in [5.74, 6) is -1.59. The van der Waals surface area contributed by atoms with Crippen LogP contribution in [0.3, 0.4) is 0 Å². The maximum atomic E-state index is 12.8. The summed E-state index contributed by atoms with van der Waals surface area (Å²) in [7, 11) is 0. The van der Waals surface area contributed by atoms with Gasteiger partial charge in [0.2, 0.25) is 17.7 Å². The molecule has 5 N–H and O–H groups in total. The number of carbonyl (C=O) groups excluding carboxylic acids is 3. The van der Waals surface area contributed by atoms with Gasteiger partial charge in [-0.25, -0.2) is 0 Å². The predicted octanol–water partition coefficient (Wildman–Crippen LogP) is 0.217. The average Bonchev–Trinajstić information content (AvgIpc) is 3.12. The van der Waals surface area contributed by atoms with Crippen LogP contribution in [-0.2, 0) is 20.8 Å². The zero-order chi connectivity index (χ0) is 20.3. The quantitative estimate of drug-likeness (QED) is 0.504. The van der Waals surface area contributed by atoms with Crippen LogP contribution < -0.4 is 16.0 Å². The van der Waals surface area contributed by atoms with Gasteiger partial charge in [0.25, 0.3) is 0 Å². The average molecular weight is 386 g/mol. The third-order valence-electron chi connectivity index (χ3n) is 5.34. The van der Waals surface area contributed by atoms with E-state index in [1.807, 2.05) is 44.3 Å². The number of para-hydroxylation sites is 1. The second kappa shape index (κ2) is 8.43. The summed E-state index contributed by atoms with van der Waals surface area (Å²) in [5.41, 5.74) is 1.82. The number of nitrogens with one attached hydrogen (secondary N) is 4. The van der Waals surface area contributed by atoms with Crippen molar-refractivity contribution in [3.63, 3.8) is 0 Å². The minimum absolute atomic E-state index is 0.120. The van der Waals surface area contributed by atoms with Crippen molar-refractivity contribution in [1.82, 2.24) is 20.9 Å². The molecule has 0 spiro atoms. The van der Waals surface area contributed by atoms with Crippen molar-refractivity contribution in [2.75, 3.05) is 6.61 Å². The highest BCUT2D eigenvalue weighted by Gasteiger charge is 2.35. The van der Waals surface area contributed by atoms with Gasteiger partial charge in [0.15, 0.2) is 0 Å². The first-order chi connectivity index (χ1) is 13.4. The number of H-pyrrole nitrogens is 1. The molecule has 3 amide bonds. The van der Waals surface area contributed by atoms with Gasteiger partial charge in [-0.15, -0.1) is 0 Å². The molecule has 8 nitrogen and oxygen atoms in total. The zero-order valence-electron chi connectivity index (χ0n) is 16.0. The molecule has 1 unspecified atom stereocenters. The number of aromatic nitrogens is 1. The number of rotatable bonds is 5. The number of aliphatic hydroxyl groups excluding tert-OH is 1. The zero-order valence-corrected chi connectivity index (χ0v) is 16.0. The van der Waals surface area contributed by atoms with Crippen LogP contribution in [0.4, 0.5) is 0 Å². The molecule has 0 saturated carbocycles. The molecule has 1 aromatic heterocycles. The Kier molecular flexibility index (Phi) is 5.99. The fourth-order valence-corrected chi connectivity index (χ4v) is 3.41. The van der Waals surface area contributed by atoms with Crippen LogP contribution >= 0.6 is 0 Å². The van der Waals surface area contributed by atoms with Crippen LogP contribution in [0.2, 0.25) is 0 Å². The van der Waals surface area contributed by atoms with Gasteiger partial charge in [-0.1, -0.05) is 38.5 Å². The number of aromatic amines is 1. The Hall–Kier alpha value is -2.87. The summed E-state index contributed by atoms with van der Waals surface area (Å²) in [6.45, 7) is 3.24. The van der Waals surface area contributed by atoms with Gasteiger partial charge in [-0.05, 0) is 17.5 Å². The Morgan fingerprint density at radius 3 is 2.39 bits per heavy atom. The number of aliphatic hydroxyl groups is 1. The molecule has 1 saturated heterocycles. The Bertz CT molecular complexity index is 878. The highest BCUT2D eigenvalue weighted by Crippen LogP contribution is 2.20. The molecule has 1 aromatic carbocycles. The lowest BCUT2D eigenvalue weighted by Gasteiger charge is -2.24. The van der Waals surface area contributed by atoms with Crippen molar-refractivity contribution in [2.24, 2.45) is 5.92 Å². The maximum absolute atomic E-state index is 12.8. The van der Waals surface area contributed by atoms with E-state index in [1.54, 1.807) is 0 Å². The summed E-state index contributed by atoms with van der Waals surface area (Å²) in [6.07, 6.45) is 2.76. The van der Waals surface area contributed by atoms with E-state index >= 15 is 0 Å². The third-order valence-corrected chi connectivity index (χ3v) is 5.34. The molecule has 1 aliphatic rings. The lowest BCUT2D eigenvalue weighted by atomic mass is 9.97. The lowest BCUT2D eigenvalue weighted by Crippen LogP contribution is -2.54. The summed E-state index contributed by atoms with van der Waals surface area (Å²) in [5, 5.41) is 18.5. The standard InChI is InChI=1S/C20H26N4O4/c1-3-11(2)17-20(28)22-15(18(26)23-16(10-25)19(27)24-17)8-12-9-21-14-7-5-4-6-13(12)14/h4-7,9,11,15-17,21,25H,3,8,10H2,1-2H3,(H,22,28)(H,23,26)(H,24,27)/t11?,15-,16-,17-/m0/s1. The fraction of sp³-hybridized carbons (Fsp3) is 0.450. The van der Waals surface area contributed by atoms with E-state index in [0.717, 1.165) is 16.5 Å². The molecule has 150 valence electrons. The lowest BCUT2D eigenvalue weighted by molar-refractivity contribution is -0.131. The van der Waals surface area contributed by atoms with Crippen molar-refractivity contribution in [3.05, 3.63) is 36.0 Å². The monoisotopic (exact) mass is 386 g/mol. The molecule has 0 aliphatic carbocycles. The van der Waals surface area contributed by atoms with E-state index in [-0.39, 0.29) is 12.3 Å². The summed E-state index contributed by atoms with van der Waals surface area (Å²) in [4.78, 5) is 41.2. The Morgan fingerprint density at radius 2 is 1.68 bits per heavy atom. The normalized spacial score (nSPS) is 24.5. The van der Waals surface area contributed by atoms with Crippen molar-refractivity contribution >= 4 is 28.6 Å². The van der Waals surface area contributed by atoms with E-state index in [2.05, 4.69) is 20.9 Å². The molecule has 1 aliphatic heterocycles. The number of amides is 3. The molecule has 1 fully saturated rings. The minimum Gasteiger partial charge on any atom is -0.394 e. The Balaban J connectivity index is 1.91. The first-order valence-electron chi connectivity index (χ1n) is 9.51. The summed E-state index contributed by atoms with van der Waals surface area (Å²) >= 11 is 0. The molecular weight excluding hydrogens is 360 g/mol. The largest absolute Gasteiger partial charge is 0.394 e. The van der Waals surface area contributed by atoms with E-state index in [4.69, 9.17) is 0 Å². The van der Waals surface area contributed by atoms with E-state index in [0.29, 0.717) is 6.42 Å². The second-order valence-electron chi connectivity index (χ2n) is 7.24. The molecule has 28 heavy (non-hydrogen) atoms. The number of hydrogen-bond donors (Lipinski definition) is 5. The predicted molar refractivity (Wildman–Crippen MR) is 104 cm³/mol. The van der Waals surface area contributed by atoms with Crippen molar-refractivity contribution in [2.45, 2.75) is 44.8 Å². The number of hydrogen-bond acceptors (Lipinski definition) is 4. The molecule has 8 heteroatoms. The minimum atomic E-state index is -1.10. The first kappa shape index (κ1) is 19.9. The fourth-order valence-electron chi connectivity index (χ4n) is 3.41. The highest BCUT2D eigenvalue weighted by atomic mass is 16.3. The Morgan fingerprint density at radius 1 is 1.00 bits per heavy atom. The van der Waals surface area contributed by atoms with E-state index < -0.39 is 42.5 Å². The van der Waals surface area contributed by atoms with Gasteiger partial charge in [-0.3, -0.25) is 14.4 Å². The smallest absolute Gasteiger partial charge is 0.245 e. The molecule has 0 bridgehead atoms. The van der Waals surface area contributed by atoms with Gasteiger partial charge in [0.1, 0.15) is 18.1 Å². The first-order valence-corrected chi connectivity index (χ1v) is 9.51. The molecule has 3 rings (SSSR count). The van der Waals surface area contributed by atoms with Crippen molar-refractivity contribution < 1.29 is 19.5 Å². The maximum Gasteiger partial charge on any atom is 0.245 e. The Labute approximate surface area is 163 Å².